The Balaban J connectivity index is 1.28. The molecule has 0 spiro atoms. The molecule has 0 atom stereocenters. The quantitative estimate of drug-likeness (QED) is 0.247. The average Bonchev–Trinajstić information content (AvgIpc) is 3.25. The van der Waals surface area contributed by atoms with Gasteiger partial charge in [-0.05, 0) is 52.6 Å². The number of hydrogen-bond acceptors (Lipinski definition) is 4. The molecule has 1 aliphatic heterocycles. The number of cyclic esters (lactones) is 1. The zero-order chi connectivity index (χ0) is 23.2. The molecule has 166 valence electrons. The summed E-state index contributed by atoms with van der Waals surface area (Å²) in [6.45, 7) is 0.577. The first-order valence-corrected chi connectivity index (χ1v) is 11.2. The van der Waals surface area contributed by atoms with Crippen LogP contribution in [0.4, 0.5) is 0 Å². The fourth-order valence-electron chi connectivity index (χ4n) is 3.75. The minimum Gasteiger partial charge on any atom is -0.493 e. The molecule has 0 radical (unpaired) electrons. The van der Waals surface area contributed by atoms with E-state index >= 15 is 0 Å². The van der Waals surface area contributed by atoms with Crippen molar-refractivity contribution in [2.75, 3.05) is 6.61 Å². The van der Waals surface area contributed by atoms with Gasteiger partial charge in [0.25, 0.3) is 0 Å². The van der Waals surface area contributed by atoms with E-state index in [9.17, 15) is 4.79 Å². The fourth-order valence-corrected chi connectivity index (χ4v) is 3.75. The maximum absolute atomic E-state index is 12.4. The second-order valence-electron chi connectivity index (χ2n) is 7.94. The normalized spacial score (nSPS) is 14.1. The summed E-state index contributed by atoms with van der Waals surface area (Å²) in [6.07, 6.45) is 2.55. The van der Waals surface area contributed by atoms with E-state index < -0.39 is 5.97 Å². The fraction of sp³-hybridized carbons (Fsp3) is 0.0667. The monoisotopic (exact) mass is 445 g/mol. The number of ether oxygens (including phenoxy) is 2. The third kappa shape index (κ3) is 5.13. The molecule has 4 heteroatoms. The van der Waals surface area contributed by atoms with Gasteiger partial charge in [-0.1, -0.05) is 84.9 Å². The number of nitrogens with zero attached hydrogens (tertiary/aromatic N) is 1. The van der Waals surface area contributed by atoms with Crippen molar-refractivity contribution in [1.82, 2.24) is 0 Å². The van der Waals surface area contributed by atoms with Gasteiger partial charge in [-0.25, -0.2) is 9.79 Å². The van der Waals surface area contributed by atoms with E-state index in [4.69, 9.17) is 9.47 Å². The molecule has 0 aliphatic carbocycles. The van der Waals surface area contributed by atoms with Gasteiger partial charge < -0.3 is 9.47 Å². The number of aliphatic imine (C=N–C) groups is 1. The SMILES string of the molecule is O=C1OC(c2ccc(-c3ccccc3)cc2)=N/C1=C\c1cccc(OCCc2ccccc2)c1. The molecule has 0 saturated heterocycles. The summed E-state index contributed by atoms with van der Waals surface area (Å²) in [4.78, 5) is 16.9. The van der Waals surface area contributed by atoms with Crippen molar-refractivity contribution < 1.29 is 14.3 Å². The van der Waals surface area contributed by atoms with Crippen molar-refractivity contribution in [2.24, 2.45) is 4.99 Å². The predicted octanol–water partition coefficient (Wildman–Crippen LogP) is 6.32. The molecular weight excluding hydrogens is 422 g/mol. The molecule has 4 aromatic rings. The Morgan fingerprint density at radius 3 is 2.18 bits per heavy atom. The van der Waals surface area contributed by atoms with E-state index in [2.05, 4.69) is 29.3 Å². The van der Waals surface area contributed by atoms with Crippen LogP contribution in [0, 0.1) is 0 Å². The first-order chi connectivity index (χ1) is 16.7. The summed E-state index contributed by atoms with van der Waals surface area (Å²) >= 11 is 0. The third-order valence-corrected chi connectivity index (χ3v) is 5.52. The number of rotatable bonds is 7. The number of carbonyl (C=O) groups is 1. The van der Waals surface area contributed by atoms with Crippen LogP contribution in [-0.4, -0.2) is 18.5 Å². The van der Waals surface area contributed by atoms with Crippen molar-refractivity contribution in [3.63, 3.8) is 0 Å². The van der Waals surface area contributed by atoms with Crippen LogP contribution in [0.15, 0.2) is 120 Å². The molecule has 0 unspecified atom stereocenters. The molecule has 0 fully saturated rings. The second kappa shape index (κ2) is 10.0. The molecule has 4 nitrogen and oxygen atoms in total. The Morgan fingerprint density at radius 1 is 0.735 bits per heavy atom. The topological polar surface area (TPSA) is 47.9 Å². The van der Waals surface area contributed by atoms with Crippen molar-refractivity contribution in [1.29, 1.82) is 0 Å². The smallest absolute Gasteiger partial charge is 0.363 e. The summed E-state index contributed by atoms with van der Waals surface area (Å²) in [5.41, 5.74) is 5.31. The van der Waals surface area contributed by atoms with E-state index in [1.807, 2.05) is 84.9 Å². The van der Waals surface area contributed by atoms with Crippen LogP contribution >= 0.6 is 0 Å². The van der Waals surface area contributed by atoms with Crippen molar-refractivity contribution in [2.45, 2.75) is 6.42 Å². The van der Waals surface area contributed by atoms with E-state index in [0.29, 0.717) is 12.5 Å². The van der Waals surface area contributed by atoms with E-state index in [1.165, 1.54) is 5.56 Å². The van der Waals surface area contributed by atoms with Gasteiger partial charge in [0.15, 0.2) is 5.70 Å². The molecule has 34 heavy (non-hydrogen) atoms. The lowest BCUT2D eigenvalue weighted by Gasteiger charge is -2.07. The van der Waals surface area contributed by atoms with Gasteiger partial charge >= 0.3 is 5.97 Å². The summed E-state index contributed by atoms with van der Waals surface area (Å²) in [5.74, 6) is 0.598. The van der Waals surface area contributed by atoms with Gasteiger partial charge in [-0.3, -0.25) is 0 Å². The molecule has 0 aromatic heterocycles. The van der Waals surface area contributed by atoms with Crippen LogP contribution in [0.2, 0.25) is 0 Å². The van der Waals surface area contributed by atoms with Gasteiger partial charge in [0.05, 0.1) is 6.61 Å². The minimum atomic E-state index is -0.461. The highest BCUT2D eigenvalue weighted by Crippen LogP contribution is 2.24. The highest BCUT2D eigenvalue weighted by Gasteiger charge is 2.24. The first-order valence-electron chi connectivity index (χ1n) is 11.2. The summed E-state index contributed by atoms with van der Waals surface area (Å²) in [6, 6.07) is 35.8. The lowest BCUT2D eigenvalue weighted by atomic mass is 10.0. The molecule has 0 saturated carbocycles. The van der Waals surface area contributed by atoms with Gasteiger partial charge in [0.1, 0.15) is 5.75 Å². The van der Waals surface area contributed by atoms with Crippen LogP contribution < -0.4 is 4.74 Å². The van der Waals surface area contributed by atoms with Crippen molar-refractivity contribution in [3.8, 4) is 16.9 Å². The van der Waals surface area contributed by atoms with Gasteiger partial charge in [0, 0.05) is 12.0 Å². The Kier molecular flexibility index (Phi) is 6.30. The molecule has 1 heterocycles. The van der Waals surface area contributed by atoms with Crippen LogP contribution in [-0.2, 0) is 16.0 Å². The Bertz CT molecular complexity index is 1340. The van der Waals surface area contributed by atoms with Crippen LogP contribution in [0.25, 0.3) is 17.2 Å². The van der Waals surface area contributed by atoms with E-state index in [-0.39, 0.29) is 5.70 Å². The third-order valence-electron chi connectivity index (χ3n) is 5.52. The maximum Gasteiger partial charge on any atom is 0.363 e. The Morgan fingerprint density at radius 2 is 1.41 bits per heavy atom. The summed E-state index contributed by atoms with van der Waals surface area (Å²) in [5, 5.41) is 0. The zero-order valence-corrected chi connectivity index (χ0v) is 18.6. The number of hydrogen-bond donors (Lipinski definition) is 0. The minimum absolute atomic E-state index is 0.267. The molecule has 0 N–H and O–H groups in total. The Hall–Kier alpha value is -4.44. The molecule has 4 aromatic carbocycles. The van der Waals surface area contributed by atoms with Gasteiger partial charge in [0.2, 0.25) is 5.90 Å². The standard InChI is InChI=1S/C30H23NO3/c32-30-28(21-23-10-7-13-27(20-23)33-19-18-22-8-3-1-4-9-22)31-29(34-30)26-16-14-25(15-17-26)24-11-5-2-6-12-24/h1-17,20-21H,18-19H2/b28-21-. The van der Waals surface area contributed by atoms with Crippen LogP contribution in [0.5, 0.6) is 5.75 Å². The predicted molar refractivity (Wildman–Crippen MR) is 135 cm³/mol. The van der Waals surface area contributed by atoms with Crippen LogP contribution in [0.3, 0.4) is 0 Å². The van der Waals surface area contributed by atoms with Gasteiger partial charge in [-0.2, -0.15) is 0 Å². The lowest BCUT2D eigenvalue weighted by molar-refractivity contribution is -0.129. The zero-order valence-electron chi connectivity index (χ0n) is 18.6. The van der Waals surface area contributed by atoms with Crippen LogP contribution in [0.1, 0.15) is 16.7 Å². The summed E-state index contributed by atoms with van der Waals surface area (Å²) < 4.78 is 11.3. The number of carbonyl (C=O) groups excluding carboxylic acids is 1. The highest BCUT2D eigenvalue weighted by molar-refractivity contribution is 6.13. The molecular formula is C30H23NO3. The largest absolute Gasteiger partial charge is 0.493 e. The maximum atomic E-state index is 12.4. The summed E-state index contributed by atoms with van der Waals surface area (Å²) in [7, 11) is 0. The van der Waals surface area contributed by atoms with Crippen molar-refractivity contribution >= 4 is 17.9 Å². The van der Waals surface area contributed by atoms with Crippen molar-refractivity contribution in [3.05, 3.63) is 132 Å². The Labute approximate surface area is 198 Å². The second-order valence-corrected chi connectivity index (χ2v) is 7.94. The average molecular weight is 446 g/mol. The molecule has 5 rings (SSSR count). The molecule has 1 aliphatic rings. The highest BCUT2D eigenvalue weighted by atomic mass is 16.6. The van der Waals surface area contributed by atoms with E-state index in [0.717, 1.165) is 34.4 Å². The first kappa shape index (κ1) is 21.4. The number of benzene rings is 4. The lowest BCUT2D eigenvalue weighted by Crippen LogP contribution is -2.05. The molecule has 0 bridgehead atoms. The van der Waals surface area contributed by atoms with Gasteiger partial charge in [-0.15, -0.1) is 0 Å². The molecule has 0 amide bonds. The van der Waals surface area contributed by atoms with E-state index in [1.54, 1.807) is 6.08 Å². The number of esters is 1.